The second-order valence-corrected chi connectivity index (χ2v) is 2.52. The van der Waals surface area contributed by atoms with Gasteiger partial charge < -0.3 is 10.1 Å². The summed E-state index contributed by atoms with van der Waals surface area (Å²) in [7, 11) is 0. The van der Waals surface area contributed by atoms with Crippen LogP contribution in [0.25, 0.3) is 0 Å². The monoisotopic (exact) mass is 141 g/mol. The summed E-state index contributed by atoms with van der Waals surface area (Å²) in [4.78, 5) is 0. The van der Waals surface area contributed by atoms with E-state index in [-0.39, 0.29) is 0 Å². The molecule has 1 N–H and O–H groups in total. The van der Waals surface area contributed by atoms with Crippen LogP contribution < -0.4 is 5.32 Å². The van der Waals surface area contributed by atoms with Crippen LogP contribution in [0.3, 0.4) is 0 Å². The van der Waals surface area contributed by atoms with Gasteiger partial charge in [0, 0.05) is 6.42 Å². The Balaban J connectivity index is 2.32. The predicted molar refractivity (Wildman–Crippen MR) is 41.8 cm³/mol. The summed E-state index contributed by atoms with van der Waals surface area (Å²) in [6.07, 6.45) is 3.23. The molecule has 0 radical (unpaired) electrons. The fourth-order valence-electron chi connectivity index (χ4n) is 1.15. The van der Waals surface area contributed by atoms with Gasteiger partial charge in [-0.2, -0.15) is 0 Å². The third-order valence-electron chi connectivity index (χ3n) is 1.67. The normalized spacial score (nSPS) is 20.0. The van der Waals surface area contributed by atoms with Gasteiger partial charge in [-0.05, 0) is 19.5 Å². The first kappa shape index (κ1) is 7.61. The number of ether oxygens (including phenoxy) is 1. The summed E-state index contributed by atoms with van der Waals surface area (Å²) in [5.74, 6) is 1.11. The van der Waals surface area contributed by atoms with E-state index in [4.69, 9.17) is 4.74 Å². The number of hydrogen-bond donors (Lipinski definition) is 1. The Morgan fingerprint density at radius 3 is 3.10 bits per heavy atom. The van der Waals surface area contributed by atoms with E-state index in [0.717, 1.165) is 25.3 Å². The SMILES string of the molecule is CCNC(C)C1=CCCO1. The van der Waals surface area contributed by atoms with Gasteiger partial charge in [0.25, 0.3) is 0 Å². The van der Waals surface area contributed by atoms with Gasteiger partial charge in [0.05, 0.1) is 12.6 Å². The average molecular weight is 141 g/mol. The average Bonchev–Trinajstić information content (AvgIpc) is 2.38. The molecule has 2 nitrogen and oxygen atoms in total. The summed E-state index contributed by atoms with van der Waals surface area (Å²) < 4.78 is 5.37. The zero-order valence-electron chi connectivity index (χ0n) is 6.68. The molecule has 0 amide bonds. The Kier molecular flexibility index (Phi) is 2.75. The molecule has 1 aliphatic heterocycles. The molecule has 1 aliphatic rings. The van der Waals surface area contributed by atoms with Gasteiger partial charge in [-0.1, -0.05) is 6.92 Å². The minimum atomic E-state index is 0.396. The van der Waals surface area contributed by atoms with Crippen LogP contribution in [-0.2, 0) is 4.74 Å². The second-order valence-electron chi connectivity index (χ2n) is 2.52. The van der Waals surface area contributed by atoms with Crippen LogP contribution in [0, 0.1) is 0 Å². The number of rotatable bonds is 3. The fourth-order valence-corrected chi connectivity index (χ4v) is 1.15. The molecule has 0 aromatic rings. The maximum Gasteiger partial charge on any atom is 0.109 e. The summed E-state index contributed by atoms with van der Waals surface area (Å²) >= 11 is 0. The summed E-state index contributed by atoms with van der Waals surface area (Å²) in [5.41, 5.74) is 0. The summed E-state index contributed by atoms with van der Waals surface area (Å²) in [6, 6.07) is 0.396. The van der Waals surface area contributed by atoms with Crippen LogP contribution in [0.5, 0.6) is 0 Å². The first-order valence-electron chi connectivity index (χ1n) is 3.91. The van der Waals surface area contributed by atoms with Crippen molar-refractivity contribution >= 4 is 0 Å². The van der Waals surface area contributed by atoms with Gasteiger partial charge in [0.15, 0.2) is 0 Å². The largest absolute Gasteiger partial charge is 0.496 e. The van der Waals surface area contributed by atoms with E-state index < -0.39 is 0 Å². The van der Waals surface area contributed by atoms with E-state index in [2.05, 4.69) is 25.2 Å². The maximum absolute atomic E-state index is 5.37. The highest BCUT2D eigenvalue weighted by atomic mass is 16.5. The van der Waals surface area contributed by atoms with Crippen molar-refractivity contribution in [1.29, 1.82) is 0 Å². The van der Waals surface area contributed by atoms with Gasteiger partial charge in [-0.25, -0.2) is 0 Å². The first-order chi connectivity index (χ1) is 4.84. The Morgan fingerprint density at radius 1 is 1.80 bits per heavy atom. The molecule has 0 spiro atoms. The van der Waals surface area contributed by atoms with Crippen LogP contribution in [-0.4, -0.2) is 19.2 Å². The number of hydrogen-bond acceptors (Lipinski definition) is 2. The molecule has 58 valence electrons. The molecule has 0 saturated heterocycles. The predicted octanol–water partition coefficient (Wildman–Crippen LogP) is 1.29. The molecule has 0 aromatic heterocycles. The van der Waals surface area contributed by atoms with Gasteiger partial charge in [-0.15, -0.1) is 0 Å². The quantitative estimate of drug-likeness (QED) is 0.639. The van der Waals surface area contributed by atoms with Crippen molar-refractivity contribution in [2.24, 2.45) is 0 Å². The summed E-state index contributed by atoms with van der Waals surface area (Å²) in [6.45, 7) is 6.10. The number of likely N-dealkylation sites (N-methyl/N-ethyl adjacent to an activating group) is 1. The van der Waals surface area contributed by atoms with Crippen LogP contribution in [0.15, 0.2) is 11.8 Å². The molecule has 10 heavy (non-hydrogen) atoms. The molecule has 0 bridgehead atoms. The highest BCUT2D eigenvalue weighted by molar-refractivity contribution is 5.05. The standard InChI is InChI=1S/C8H15NO/c1-3-9-7(2)8-5-4-6-10-8/h5,7,9H,3-4,6H2,1-2H3. The van der Waals surface area contributed by atoms with E-state index in [1.54, 1.807) is 0 Å². The second kappa shape index (κ2) is 3.62. The smallest absolute Gasteiger partial charge is 0.109 e. The van der Waals surface area contributed by atoms with Crippen molar-refractivity contribution in [2.45, 2.75) is 26.3 Å². The molecular formula is C8H15NO. The third kappa shape index (κ3) is 1.74. The van der Waals surface area contributed by atoms with Gasteiger partial charge in [0.2, 0.25) is 0 Å². The summed E-state index contributed by atoms with van der Waals surface area (Å²) in [5, 5.41) is 3.29. The van der Waals surface area contributed by atoms with Crippen molar-refractivity contribution in [1.82, 2.24) is 5.32 Å². The van der Waals surface area contributed by atoms with E-state index in [0.29, 0.717) is 6.04 Å². The van der Waals surface area contributed by atoms with Crippen LogP contribution in [0.4, 0.5) is 0 Å². The molecular weight excluding hydrogens is 126 g/mol. The van der Waals surface area contributed by atoms with Crippen LogP contribution in [0.1, 0.15) is 20.3 Å². The Bertz CT molecular complexity index is 131. The van der Waals surface area contributed by atoms with E-state index >= 15 is 0 Å². The van der Waals surface area contributed by atoms with Crippen molar-refractivity contribution in [3.05, 3.63) is 11.8 Å². The van der Waals surface area contributed by atoms with Crippen molar-refractivity contribution < 1.29 is 4.74 Å². The van der Waals surface area contributed by atoms with Gasteiger partial charge in [-0.3, -0.25) is 0 Å². The molecule has 1 atom stereocenters. The lowest BCUT2D eigenvalue weighted by Crippen LogP contribution is -2.27. The molecule has 1 heterocycles. The molecule has 1 rings (SSSR count). The lowest BCUT2D eigenvalue weighted by molar-refractivity contribution is 0.219. The molecule has 2 heteroatoms. The first-order valence-corrected chi connectivity index (χ1v) is 3.91. The molecule has 0 aromatic carbocycles. The highest BCUT2D eigenvalue weighted by Gasteiger charge is 2.11. The van der Waals surface area contributed by atoms with Gasteiger partial charge >= 0.3 is 0 Å². The Labute approximate surface area is 62.3 Å². The lowest BCUT2D eigenvalue weighted by atomic mass is 10.2. The zero-order chi connectivity index (χ0) is 7.40. The van der Waals surface area contributed by atoms with Gasteiger partial charge in [0.1, 0.15) is 5.76 Å². The van der Waals surface area contributed by atoms with Crippen LogP contribution >= 0.6 is 0 Å². The molecule has 0 aliphatic carbocycles. The third-order valence-corrected chi connectivity index (χ3v) is 1.67. The minimum absolute atomic E-state index is 0.396. The molecule has 0 fully saturated rings. The Hall–Kier alpha value is -0.500. The van der Waals surface area contributed by atoms with E-state index in [1.807, 2.05) is 0 Å². The maximum atomic E-state index is 5.37. The van der Waals surface area contributed by atoms with E-state index in [9.17, 15) is 0 Å². The van der Waals surface area contributed by atoms with Crippen LogP contribution in [0.2, 0.25) is 0 Å². The molecule has 0 saturated carbocycles. The lowest BCUT2D eigenvalue weighted by Gasteiger charge is -2.12. The highest BCUT2D eigenvalue weighted by Crippen LogP contribution is 2.12. The van der Waals surface area contributed by atoms with Crippen molar-refractivity contribution in [3.63, 3.8) is 0 Å². The fraction of sp³-hybridized carbons (Fsp3) is 0.750. The van der Waals surface area contributed by atoms with Crippen molar-refractivity contribution in [3.8, 4) is 0 Å². The van der Waals surface area contributed by atoms with Crippen molar-refractivity contribution in [2.75, 3.05) is 13.2 Å². The minimum Gasteiger partial charge on any atom is -0.496 e. The Morgan fingerprint density at radius 2 is 2.60 bits per heavy atom. The topological polar surface area (TPSA) is 21.3 Å². The molecule has 1 unspecified atom stereocenters. The van der Waals surface area contributed by atoms with E-state index in [1.165, 1.54) is 0 Å². The number of nitrogens with one attached hydrogen (secondary N) is 1. The zero-order valence-corrected chi connectivity index (χ0v) is 6.68.